The summed E-state index contributed by atoms with van der Waals surface area (Å²) in [5, 5.41) is 0. The maximum Gasteiger partial charge on any atom is 0.0786 e. The molecule has 0 saturated carbocycles. The van der Waals surface area contributed by atoms with Crippen molar-refractivity contribution in [3.8, 4) is 0 Å². The number of allylic oxidation sites excluding steroid dienone is 4. The summed E-state index contributed by atoms with van der Waals surface area (Å²) in [7, 11) is 0. The van der Waals surface area contributed by atoms with Gasteiger partial charge in [-0.3, -0.25) is 0 Å². The van der Waals surface area contributed by atoms with E-state index in [1.54, 1.807) is 0 Å². The first-order chi connectivity index (χ1) is 20.2. The fourth-order valence-corrected chi connectivity index (χ4v) is 6.36. The topological polar surface area (TPSA) is 0 Å². The predicted octanol–water partition coefficient (Wildman–Crippen LogP) is 13.9. The molecule has 1 nitrogen and oxygen atoms in total. The first-order valence-electron chi connectivity index (χ1n) is 19.4. The van der Waals surface area contributed by atoms with Crippen molar-refractivity contribution in [3.05, 3.63) is 24.3 Å². The van der Waals surface area contributed by atoms with Crippen LogP contribution in [-0.2, 0) is 0 Å². The van der Waals surface area contributed by atoms with Gasteiger partial charge in [-0.05, 0) is 90.9 Å². The summed E-state index contributed by atoms with van der Waals surface area (Å²) in [6.07, 6.45) is 49.2. The lowest BCUT2D eigenvalue weighted by molar-refractivity contribution is -0.925. The minimum atomic E-state index is 1.30. The zero-order chi connectivity index (χ0) is 30.0. The maximum atomic E-state index is 2.45. The zero-order valence-electron chi connectivity index (χ0n) is 29.4. The third-order valence-electron chi connectivity index (χ3n) is 9.63. The molecule has 0 atom stereocenters. The molecule has 0 amide bonds. The summed E-state index contributed by atoms with van der Waals surface area (Å²) in [5.41, 5.74) is 0. The average molecular weight is 575 g/mol. The van der Waals surface area contributed by atoms with E-state index in [-0.39, 0.29) is 0 Å². The van der Waals surface area contributed by atoms with Crippen LogP contribution in [0.25, 0.3) is 0 Å². The van der Waals surface area contributed by atoms with Crippen molar-refractivity contribution in [1.82, 2.24) is 0 Å². The fraction of sp³-hybridized carbons (Fsp3) is 0.900. The van der Waals surface area contributed by atoms with Gasteiger partial charge < -0.3 is 4.48 Å². The Bertz CT molecular complexity index is 485. The number of hydrogen-bond donors (Lipinski definition) is 0. The lowest BCUT2D eigenvalue weighted by atomic mass is 10.1. The molecule has 0 bridgehead atoms. The summed E-state index contributed by atoms with van der Waals surface area (Å²) in [6, 6.07) is 0. The Morgan fingerprint density at radius 3 is 0.805 bits per heavy atom. The van der Waals surface area contributed by atoms with Gasteiger partial charge in [0, 0.05) is 0 Å². The van der Waals surface area contributed by atoms with Gasteiger partial charge in [-0.1, -0.05) is 141 Å². The first-order valence-corrected chi connectivity index (χ1v) is 19.4. The number of rotatable bonds is 34. The van der Waals surface area contributed by atoms with Crippen LogP contribution in [0.1, 0.15) is 207 Å². The van der Waals surface area contributed by atoms with Gasteiger partial charge in [0.1, 0.15) is 0 Å². The molecule has 0 heterocycles. The van der Waals surface area contributed by atoms with Gasteiger partial charge in [-0.25, -0.2) is 0 Å². The van der Waals surface area contributed by atoms with E-state index in [4.69, 9.17) is 0 Å². The second kappa shape index (κ2) is 33.9. The Balaban J connectivity index is 3.60. The highest BCUT2D eigenvalue weighted by Gasteiger charge is 2.21. The molecule has 0 aliphatic rings. The lowest BCUT2D eigenvalue weighted by Gasteiger charge is -2.37. The number of quaternary nitrogens is 1. The van der Waals surface area contributed by atoms with Crippen molar-refractivity contribution in [2.45, 2.75) is 207 Å². The highest BCUT2D eigenvalue weighted by molar-refractivity contribution is 4.82. The number of hydrogen-bond acceptors (Lipinski definition) is 0. The van der Waals surface area contributed by atoms with Gasteiger partial charge in [0.25, 0.3) is 0 Å². The SMILES string of the molecule is CCCCCCCCC=CCCCCCCCC[N+](CC)(CC)CCCCCCCCC=CCCCCCCCC. The largest absolute Gasteiger partial charge is 0.324 e. The van der Waals surface area contributed by atoms with Crippen LogP contribution in [0.15, 0.2) is 24.3 Å². The van der Waals surface area contributed by atoms with E-state index < -0.39 is 0 Å². The van der Waals surface area contributed by atoms with Crippen LogP contribution in [0.3, 0.4) is 0 Å². The second-order valence-corrected chi connectivity index (χ2v) is 13.3. The summed E-state index contributed by atoms with van der Waals surface area (Å²) < 4.78 is 1.37. The molecule has 1 heteroatoms. The van der Waals surface area contributed by atoms with E-state index in [9.17, 15) is 0 Å². The molecule has 0 unspecified atom stereocenters. The van der Waals surface area contributed by atoms with E-state index in [0.29, 0.717) is 0 Å². The molecule has 0 N–H and O–H groups in total. The minimum Gasteiger partial charge on any atom is -0.324 e. The van der Waals surface area contributed by atoms with Crippen molar-refractivity contribution < 1.29 is 4.48 Å². The van der Waals surface area contributed by atoms with Gasteiger partial charge in [0.05, 0.1) is 26.2 Å². The van der Waals surface area contributed by atoms with Crippen molar-refractivity contribution >= 4 is 0 Å². The molecule has 0 aliphatic heterocycles. The molecule has 0 fully saturated rings. The molecule has 0 saturated heterocycles. The summed E-state index contributed by atoms with van der Waals surface area (Å²) in [4.78, 5) is 0. The monoisotopic (exact) mass is 575 g/mol. The molecule has 0 aromatic carbocycles. The van der Waals surface area contributed by atoms with Crippen LogP contribution in [-0.4, -0.2) is 30.7 Å². The maximum absolute atomic E-state index is 2.45. The van der Waals surface area contributed by atoms with Crippen LogP contribution in [0.2, 0.25) is 0 Å². The van der Waals surface area contributed by atoms with Crippen LogP contribution >= 0.6 is 0 Å². The molecule has 0 aromatic heterocycles. The molecule has 0 aromatic rings. The predicted molar refractivity (Wildman–Crippen MR) is 190 cm³/mol. The summed E-state index contributed by atoms with van der Waals surface area (Å²) in [6.45, 7) is 14.9. The number of unbranched alkanes of at least 4 members (excludes halogenated alkanes) is 24. The average Bonchev–Trinajstić information content (AvgIpc) is 2.99. The molecule has 0 spiro atoms. The molecule has 0 aliphatic carbocycles. The highest BCUT2D eigenvalue weighted by atomic mass is 15.3. The van der Waals surface area contributed by atoms with Gasteiger partial charge in [-0.2, -0.15) is 0 Å². The van der Waals surface area contributed by atoms with E-state index >= 15 is 0 Å². The normalized spacial score (nSPS) is 12.4. The van der Waals surface area contributed by atoms with E-state index in [1.807, 2.05) is 0 Å². The zero-order valence-corrected chi connectivity index (χ0v) is 29.4. The molecular formula is C40H80N+. The standard InChI is InChI=1S/C40H80N/c1-5-9-11-13-15-17-19-21-23-25-27-29-31-33-35-37-39-41(7-3,8-4)40-38-36-34-32-30-28-26-24-22-20-18-16-14-12-10-6-2/h21-24H,5-20,25-40H2,1-4H3/q+1. The van der Waals surface area contributed by atoms with Crippen LogP contribution in [0.4, 0.5) is 0 Å². The smallest absolute Gasteiger partial charge is 0.0786 e. The summed E-state index contributed by atoms with van der Waals surface area (Å²) in [5.74, 6) is 0. The summed E-state index contributed by atoms with van der Waals surface area (Å²) >= 11 is 0. The third-order valence-corrected chi connectivity index (χ3v) is 9.63. The van der Waals surface area contributed by atoms with E-state index in [1.165, 1.54) is 210 Å². The van der Waals surface area contributed by atoms with Gasteiger partial charge in [0.2, 0.25) is 0 Å². The molecule has 41 heavy (non-hydrogen) atoms. The molecule has 244 valence electrons. The lowest BCUT2D eigenvalue weighted by Crippen LogP contribution is -2.49. The third kappa shape index (κ3) is 29.3. The second-order valence-electron chi connectivity index (χ2n) is 13.3. The van der Waals surface area contributed by atoms with Gasteiger partial charge in [-0.15, -0.1) is 0 Å². The highest BCUT2D eigenvalue weighted by Crippen LogP contribution is 2.16. The van der Waals surface area contributed by atoms with Crippen LogP contribution in [0.5, 0.6) is 0 Å². The quantitative estimate of drug-likeness (QED) is 0.0407. The van der Waals surface area contributed by atoms with Crippen molar-refractivity contribution in [2.24, 2.45) is 0 Å². The van der Waals surface area contributed by atoms with Crippen LogP contribution < -0.4 is 0 Å². The Morgan fingerprint density at radius 1 is 0.293 bits per heavy atom. The van der Waals surface area contributed by atoms with E-state index in [2.05, 4.69) is 52.0 Å². The van der Waals surface area contributed by atoms with Crippen LogP contribution in [0, 0.1) is 0 Å². The Labute approximate surface area is 262 Å². The van der Waals surface area contributed by atoms with Crippen molar-refractivity contribution in [2.75, 3.05) is 26.2 Å². The fourth-order valence-electron chi connectivity index (χ4n) is 6.36. The molecule has 0 rings (SSSR count). The van der Waals surface area contributed by atoms with Gasteiger partial charge >= 0.3 is 0 Å². The van der Waals surface area contributed by atoms with E-state index in [0.717, 1.165) is 0 Å². The van der Waals surface area contributed by atoms with Gasteiger partial charge in [0.15, 0.2) is 0 Å². The Hall–Kier alpha value is -0.560. The van der Waals surface area contributed by atoms with Crippen molar-refractivity contribution in [1.29, 1.82) is 0 Å². The minimum absolute atomic E-state index is 1.30. The molecule has 0 radical (unpaired) electrons. The molecular weight excluding hydrogens is 494 g/mol. The Kier molecular flexibility index (Phi) is 33.5. The first kappa shape index (κ1) is 40.4. The Morgan fingerprint density at radius 2 is 0.537 bits per heavy atom. The number of nitrogens with zero attached hydrogens (tertiary/aromatic N) is 1. The van der Waals surface area contributed by atoms with Crippen molar-refractivity contribution in [3.63, 3.8) is 0 Å².